The van der Waals surface area contributed by atoms with E-state index in [1.54, 1.807) is 0 Å². The van der Waals surface area contributed by atoms with Gasteiger partial charge in [0, 0.05) is 5.56 Å². The molecule has 0 radical (unpaired) electrons. The fraction of sp³-hybridized carbons (Fsp3) is 0.625. The van der Waals surface area contributed by atoms with Crippen LogP contribution in [-0.2, 0) is 6.42 Å². The molecule has 0 saturated heterocycles. The highest BCUT2D eigenvalue weighted by Crippen LogP contribution is 2.31. The highest BCUT2D eigenvalue weighted by molar-refractivity contribution is 5.20. The lowest BCUT2D eigenvalue weighted by molar-refractivity contribution is 0.285. The maximum absolute atomic E-state index is 13.4. The van der Waals surface area contributed by atoms with Gasteiger partial charge >= 0.3 is 0 Å². The number of hydrogen-bond donors (Lipinski definition) is 0. The third-order valence-electron chi connectivity index (χ3n) is 3.69. The Morgan fingerprint density at radius 1 is 1.00 bits per heavy atom. The first kappa shape index (κ1) is 15.1. The Morgan fingerprint density at radius 3 is 2.00 bits per heavy atom. The Balaban J connectivity index is 0.000000771. The minimum Gasteiger partial charge on any atom is -0.207 e. The van der Waals surface area contributed by atoms with E-state index in [1.165, 1.54) is 31.0 Å². The Labute approximate surface area is 109 Å². The summed E-state index contributed by atoms with van der Waals surface area (Å²) in [6, 6.07) is 4.13. The van der Waals surface area contributed by atoms with Crippen LogP contribution in [0.25, 0.3) is 0 Å². The van der Waals surface area contributed by atoms with Crippen molar-refractivity contribution in [2.45, 2.75) is 52.9 Å². The van der Waals surface area contributed by atoms with Gasteiger partial charge in [0.05, 0.1) is 0 Å². The third kappa shape index (κ3) is 4.08. The number of hydrogen-bond acceptors (Lipinski definition) is 0. The molecule has 2 heteroatoms. The molecule has 0 spiro atoms. The lowest BCUT2D eigenvalue weighted by atomic mass is 9.80. The molecule has 1 saturated carbocycles. The number of benzene rings is 1. The van der Waals surface area contributed by atoms with Crippen molar-refractivity contribution in [1.29, 1.82) is 0 Å². The molecule has 0 aromatic heterocycles. The van der Waals surface area contributed by atoms with Gasteiger partial charge in [0.15, 0.2) is 0 Å². The summed E-state index contributed by atoms with van der Waals surface area (Å²) in [5.41, 5.74) is 0.280. The van der Waals surface area contributed by atoms with Crippen molar-refractivity contribution >= 4 is 0 Å². The fourth-order valence-corrected chi connectivity index (χ4v) is 2.55. The molecule has 0 unspecified atom stereocenters. The maximum Gasteiger partial charge on any atom is 0.129 e. The predicted molar refractivity (Wildman–Crippen MR) is 72.5 cm³/mol. The van der Waals surface area contributed by atoms with Crippen LogP contribution in [0, 0.1) is 23.5 Å². The van der Waals surface area contributed by atoms with Gasteiger partial charge in [-0.2, -0.15) is 0 Å². The highest BCUT2D eigenvalue weighted by atomic mass is 19.1. The van der Waals surface area contributed by atoms with Gasteiger partial charge in [0.1, 0.15) is 11.6 Å². The van der Waals surface area contributed by atoms with E-state index < -0.39 is 11.6 Å². The standard InChI is InChI=1S/C14H18F2.C2H6/c1-10-5-7-11(8-6-10)9-12-13(15)3-2-4-14(12)16;1-2/h2-4,10-11H,5-9H2,1H3;1-2H3. The molecule has 0 bridgehead atoms. The Hall–Kier alpha value is -0.920. The van der Waals surface area contributed by atoms with E-state index >= 15 is 0 Å². The van der Waals surface area contributed by atoms with E-state index in [1.807, 2.05) is 13.8 Å². The van der Waals surface area contributed by atoms with Gasteiger partial charge in [-0.3, -0.25) is 0 Å². The first-order valence-corrected chi connectivity index (χ1v) is 7.09. The number of halogens is 2. The summed E-state index contributed by atoms with van der Waals surface area (Å²) in [4.78, 5) is 0. The van der Waals surface area contributed by atoms with Crippen LogP contribution in [0.3, 0.4) is 0 Å². The zero-order valence-corrected chi connectivity index (χ0v) is 11.7. The summed E-state index contributed by atoms with van der Waals surface area (Å²) in [7, 11) is 0. The monoisotopic (exact) mass is 254 g/mol. The van der Waals surface area contributed by atoms with Crippen LogP contribution in [-0.4, -0.2) is 0 Å². The Morgan fingerprint density at radius 2 is 1.50 bits per heavy atom. The molecule has 2 rings (SSSR count). The van der Waals surface area contributed by atoms with Crippen LogP contribution >= 0.6 is 0 Å². The summed E-state index contributed by atoms with van der Waals surface area (Å²) < 4.78 is 26.9. The Bertz CT molecular complexity index is 332. The summed E-state index contributed by atoms with van der Waals surface area (Å²) in [6.07, 6.45) is 5.16. The number of rotatable bonds is 2. The average molecular weight is 254 g/mol. The summed E-state index contributed by atoms with van der Waals surface area (Å²) >= 11 is 0. The molecule has 0 heterocycles. The lowest BCUT2D eigenvalue weighted by Gasteiger charge is -2.26. The summed E-state index contributed by atoms with van der Waals surface area (Å²) in [6.45, 7) is 6.25. The molecular formula is C16H24F2. The first-order chi connectivity index (χ1) is 8.66. The smallest absolute Gasteiger partial charge is 0.129 e. The van der Waals surface area contributed by atoms with Crippen LogP contribution in [0.2, 0.25) is 0 Å². The molecule has 1 fully saturated rings. The normalized spacial score (nSPS) is 23.2. The van der Waals surface area contributed by atoms with Crippen molar-refractivity contribution in [1.82, 2.24) is 0 Å². The highest BCUT2D eigenvalue weighted by Gasteiger charge is 2.21. The van der Waals surface area contributed by atoms with Gasteiger partial charge in [-0.1, -0.05) is 39.7 Å². The zero-order chi connectivity index (χ0) is 13.5. The van der Waals surface area contributed by atoms with Gasteiger partial charge in [-0.05, 0) is 43.2 Å². The molecule has 0 N–H and O–H groups in total. The van der Waals surface area contributed by atoms with Crippen molar-refractivity contribution in [3.63, 3.8) is 0 Å². The van der Waals surface area contributed by atoms with E-state index in [0.717, 1.165) is 18.8 Å². The molecule has 1 aliphatic carbocycles. The second-order valence-corrected chi connectivity index (χ2v) is 5.03. The molecule has 0 nitrogen and oxygen atoms in total. The average Bonchev–Trinajstić information content (AvgIpc) is 2.39. The van der Waals surface area contributed by atoms with Gasteiger partial charge in [0.2, 0.25) is 0 Å². The molecule has 102 valence electrons. The molecule has 0 atom stereocenters. The second kappa shape index (κ2) is 7.50. The second-order valence-electron chi connectivity index (χ2n) is 5.03. The summed E-state index contributed by atoms with van der Waals surface area (Å²) in [5.74, 6) is 0.460. The topological polar surface area (TPSA) is 0 Å². The van der Waals surface area contributed by atoms with Gasteiger partial charge < -0.3 is 0 Å². The van der Waals surface area contributed by atoms with Crippen LogP contribution < -0.4 is 0 Å². The van der Waals surface area contributed by atoms with E-state index in [-0.39, 0.29) is 5.56 Å². The van der Waals surface area contributed by atoms with Gasteiger partial charge in [-0.25, -0.2) is 8.78 Å². The minimum atomic E-state index is -0.390. The summed E-state index contributed by atoms with van der Waals surface area (Å²) in [5, 5.41) is 0. The van der Waals surface area contributed by atoms with Crippen molar-refractivity contribution < 1.29 is 8.78 Å². The molecule has 0 amide bonds. The van der Waals surface area contributed by atoms with Crippen LogP contribution in [0.1, 0.15) is 52.0 Å². The lowest BCUT2D eigenvalue weighted by Crippen LogP contribution is -2.15. The van der Waals surface area contributed by atoms with E-state index in [2.05, 4.69) is 6.92 Å². The van der Waals surface area contributed by atoms with Crippen molar-refractivity contribution in [3.8, 4) is 0 Å². The molecule has 0 aliphatic heterocycles. The van der Waals surface area contributed by atoms with Crippen molar-refractivity contribution in [2.24, 2.45) is 11.8 Å². The fourth-order valence-electron chi connectivity index (χ4n) is 2.55. The van der Waals surface area contributed by atoms with Gasteiger partial charge in [0.25, 0.3) is 0 Å². The molecular weight excluding hydrogens is 230 g/mol. The quantitative estimate of drug-likeness (QED) is 0.666. The van der Waals surface area contributed by atoms with Crippen molar-refractivity contribution in [3.05, 3.63) is 35.4 Å². The first-order valence-electron chi connectivity index (χ1n) is 7.09. The van der Waals surface area contributed by atoms with E-state index in [0.29, 0.717) is 12.3 Å². The van der Waals surface area contributed by atoms with Gasteiger partial charge in [-0.15, -0.1) is 0 Å². The largest absolute Gasteiger partial charge is 0.207 e. The van der Waals surface area contributed by atoms with Crippen LogP contribution in [0.5, 0.6) is 0 Å². The van der Waals surface area contributed by atoms with E-state index in [9.17, 15) is 8.78 Å². The molecule has 18 heavy (non-hydrogen) atoms. The third-order valence-corrected chi connectivity index (χ3v) is 3.69. The minimum absolute atomic E-state index is 0.280. The molecule has 1 aromatic rings. The van der Waals surface area contributed by atoms with Crippen LogP contribution in [0.4, 0.5) is 8.78 Å². The zero-order valence-electron chi connectivity index (χ0n) is 11.7. The van der Waals surface area contributed by atoms with E-state index in [4.69, 9.17) is 0 Å². The van der Waals surface area contributed by atoms with Crippen LogP contribution in [0.15, 0.2) is 18.2 Å². The van der Waals surface area contributed by atoms with Crippen molar-refractivity contribution in [2.75, 3.05) is 0 Å². The molecule has 1 aromatic carbocycles. The molecule has 1 aliphatic rings. The maximum atomic E-state index is 13.4. The predicted octanol–water partition coefficient (Wildman–Crippen LogP) is 5.36. The SMILES string of the molecule is CC.CC1CCC(Cc2c(F)cccc2F)CC1. The Kier molecular flexibility index (Phi) is 6.31.